The topological polar surface area (TPSA) is 59.6 Å². The number of anilines is 2. The summed E-state index contributed by atoms with van der Waals surface area (Å²) in [5, 5.41) is 7.25. The first-order valence-electron chi connectivity index (χ1n) is 7.28. The van der Waals surface area contributed by atoms with Crippen LogP contribution in [0.15, 0.2) is 18.2 Å². The molecule has 0 saturated carbocycles. The minimum absolute atomic E-state index is 0.379. The normalized spacial score (nSPS) is 10.2. The van der Waals surface area contributed by atoms with Crippen LogP contribution in [0.25, 0.3) is 0 Å². The van der Waals surface area contributed by atoms with Crippen molar-refractivity contribution < 1.29 is 14.3 Å². The van der Waals surface area contributed by atoms with Crippen molar-refractivity contribution in [2.24, 2.45) is 0 Å². The molecule has 5 nitrogen and oxygen atoms in total. The van der Waals surface area contributed by atoms with Crippen molar-refractivity contribution in [3.8, 4) is 5.75 Å². The van der Waals surface area contributed by atoms with Crippen LogP contribution in [0.4, 0.5) is 10.7 Å². The summed E-state index contributed by atoms with van der Waals surface area (Å²) in [4.78, 5) is 13.1. The molecule has 0 aliphatic heterocycles. The zero-order valence-corrected chi connectivity index (χ0v) is 15.9. The highest BCUT2D eigenvalue weighted by Gasteiger charge is 2.21. The summed E-state index contributed by atoms with van der Waals surface area (Å²) in [5.41, 5.74) is 3.25. The van der Waals surface area contributed by atoms with Crippen molar-refractivity contribution in [1.29, 1.82) is 0 Å². The minimum atomic E-state index is -0.379. The fourth-order valence-corrected chi connectivity index (χ4v) is 3.57. The van der Waals surface area contributed by atoms with Crippen LogP contribution in [0.2, 0.25) is 0 Å². The highest BCUT2D eigenvalue weighted by molar-refractivity contribution is 7.80. The molecule has 1 aromatic heterocycles. The van der Waals surface area contributed by atoms with Crippen LogP contribution in [0.5, 0.6) is 5.75 Å². The summed E-state index contributed by atoms with van der Waals surface area (Å²) in [7, 11) is 2.97. The Morgan fingerprint density at radius 1 is 1.17 bits per heavy atom. The molecule has 7 heteroatoms. The quantitative estimate of drug-likeness (QED) is 0.624. The first kappa shape index (κ1) is 18.2. The molecule has 1 heterocycles. The molecule has 1 aromatic carbocycles. The van der Waals surface area contributed by atoms with E-state index in [1.165, 1.54) is 18.4 Å². The van der Waals surface area contributed by atoms with E-state index in [-0.39, 0.29) is 5.97 Å². The van der Waals surface area contributed by atoms with Crippen LogP contribution < -0.4 is 15.4 Å². The zero-order valence-electron chi connectivity index (χ0n) is 14.3. The minimum Gasteiger partial charge on any atom is -0.495 e. The number of thiocarbonyl (C=S) groups is 1. The number of esters is 1. The summed E-state index contributed by atoms with van der Waals surface area (Å²) in [6.45, 7) is 5.84. The van der Waals surface area contributed by atoms with Crippen molar-refractivity contribution in [3.05, 3.63) is 39.8 Å². The first-order chi connectivity index (χ1) is 11.4. The van der Waals surface area contributed by atoms with Crippen LogP contribution >= 0.6 is 23.6 Å². The van der Waals surface area contributed by atoms with E-state index in [1.807, 2.05) is 39.0 Å². The van der Waals surface area contributed by atoms with Crippen LogP contribution in [0, 0.1) is 20.8 Å². The fourth-order valence-electron chi connectivity index (χ4n) is 2.24. The Morgan fingerprint density at radius 3 is 2.50 bits per heavy atom. The summed E-state index contributed by atoms with van der Waals surface area (Å²) < 4.78 is 10.2. The number of carbonyl (C=O) groups is 1. The van der Waals surface area contributed by atoms with Crippen molar-refractivity contribution in [2.45, 2.75) is 20.8 Å². The Balaban J connectivity index is 2.24. The Bertz CT molecular complexity index is 784. The van der Waals surface area contributed by atoms with Gasteiger partial charge in [0.1, 0.15) is 10.8 Å². The molecule has 0 aliphatic carbocycles. The molecule has 0 bridgehead atoms. The predicted molar refractivity (Wildman–Crippen MR) is 103 cm³/mol. The largest absolute Gasteiger partial charge is 0.495 e. The number of benzene rings is 1. The SMILES string of the molecule is COC(=O)c1c(NC(=S)Nc2cc(C)ccc2OC)sc(C)c1C. The van der Waals surface area contributed by atoms with Crippen molar-refractivity contribution in [3.63, 3.8) is 0 Å². The molecular formula is C17H20N2O3S2. The second-order valence-electron chi connectivity index (χ2n) is 5.26. The van der Waals surface area contributed by atoms with Gasteiger partial charge in [-0.2, -0.15) is 0 Å². The van der Waals surface area contributed by atoms with E-state index in [9.17, 15) is 4.79 Å². The maximum absolute atomic E-state index is 12.0. The molecule has 0 fully saturated rings. The average Bonchev–Trinajstić information content (AvgIpc) is 2.81. The lowest BCUT2D eigenvalue weighted by Gasteiger charge is -2.14. The molecule has 2 N–H and O–H groups in total. The molecular weight excluding hydrogens is 344 g/mol. The van der Waals surface area contributed by atoms with Gasteiger partial charge in [-0.1, -0.05) is 6.07 Å². The van der Waals surface area contributed by atoms with Gasteiger partial charge in [-0.05, 0) is 56.2 Å². The van der Waals surface area contributed by atoms with Crippen LogP contribution in [-0.2, 0) is 4.74 Å². The predicted octanol–water partition coefficient (Wildman–Crippen LogP) is 4.28. The summed E-state index contributed by atoms with van der Waals surface area (Å²) >= 11 is 6.85. The fraction of sp³-hybridized carbons (Fsp3) is 0.294. The van der Waals surface area contributed by atoms with Crippen molar-refractivity contribution in [2.75, 3.05) is 24.9 Å². The first-order valence-corrected chi connectivity index (χ1v) is 8.50. The molecule has 0 saturated heterocycles. The van der Waals surface area contributed by atoms with Gasteiger partial charge in [0.25, 0.3) is 0 Å². The Kier molecular flexibility index (Phi) is 5.80. The number of nitrogens with one attached hydrogen (secondary N) is 2. The van der Waals surface area contributed by atoms with Gasteiger partial charge in [-0.3, -0.25) is 0 Å². The van der Waals surface area contributed by atoms with Crippen LogP contribution in [0.3, 0.4) is 0 Å². The van der Waals surface area contributed by atoms with E-state index in [0.29, 0.717) is 21.4 Å². The lowest BCUT2D eigenvalue weighted by molar-refractivity contribution is 0.0601. The van der Waals surface area contributed by atoms with E-state index in [1.54, 1.807) is 7.11 Å². The molecule has 0 spiro atoms. The summed E-state index contributed by atoms with van der Waals surface area (Å²) in [6.07, 6.45) is 0. The number of thiophene rings is 1. The number of rotatable bonds is 4. The van der Waals surface area contributed by atoms with Gasteiger partial charge < -0.3 is 20.1 Å². The van der Waals surface area contributed by atoms with Gasteiger partial charge in [0.2, 0.25) is 0 Å². The van der Waals surface area contributed by atoms with E-state index in [0.717, 1.165) is 21.7 Å². The Morgan fingerprint density at radius 2 is 1.88 bits per heavy atom. The number of methoxy groups -OCH3 is 2. The van der Waals surface area contributed by atoms with Gasteiger partial charge in [-0.15, -0.1) is 11.3 Å². The molecule has 128 valence electrons. The van der Waals surface area contributed by atoms with Crippen molar-refractivity contribution in [1.82, 2.24) is 0 Å². The average molecular weight is 364 g/mol. The monoisotopic (exact) mass is 364 g/mol. The molecule has 0 unspecified atom stereocenters. The third-order valence-corrected chi connectivity index (χ3v) is 4.93. The lowest BCUT2D eigenvalue weighted by atomic mass is 10.1. The molecule has 0 radical (unpaired) electrons. The second-order valence-corrected chi connectivity index (χ2v) is 6.89. The molecule has 0 aliphatic rings. The smallest absolute Gasteiger partial charge is 0.341 e. The van der Waals surface area contributed by atoms with Gasteiger partial charge in [0, 0.05) is 4.88 Å². The number of ether oxygens (including phenoxy) is 2. The number of hydrogen-bond acceptors (Lipinski definition) is 5. The van der Waals surface area contributed by atoms with E-state index in [4.69, 9.17) is 21.7 Å². The van der Waals surface area contributed by atoms with Gasteiger partial charge in [0.15, 0.2) is 5.11 Å². The maximum atomic E-state index is 12.0. The second kappa shape index (κ2) is 7.63. The third kappa shape index (κ3) is 3.85. The van der Waals surface area contributed by atoms with Crippen molar-refractivity contribution >= 4 is 45.3 Å². The van der Waals surface area contributed by atoms with E-state index in [2.05, 4.69) is 10.6 Å². The van der Waals surface area contributed by atoms with Gasteiger partial charge in [0.05, 0.1) is 25.5 Å². The summed E-state index contributed by atoms with van der Waals surface area (Å²) in [5.74, 6) is 0.312. The number of hydrogen-bond donors (Lipinski definition) is 2. The molecule has 2 rings (SSSR count). The van der Waals surface area contributed by atoms with Crippen LogP contribution in [0.1, 0.15) is 26.4 Å². The highest BCUT2D eigenvalue weighted by atomic mass is 32.1. The standard InChI is InChI=1S/C17H20N2O3S2/c1-9-6-7-13(21-4)12(8-9)18-17(23)19-15-14(16(20)22-5)10(2)11(3)24-15/h6-8H,1-5H3,(H2,18,19,23). The number of carbonyl (C=O) groups excluding carboxylic acids is 1. The molecule has 2 aromatic rings. The number of aryl methyl sites for hydroxylation is 2. The molecule has 0 atom stereocenters. The van der Waals surface area contributed by atoms with Gasteiger partial charge >= 0.3 is 5.97 Å². The van der Waals surface area contributed by atoms with Gasteiger partial charge in [-0.25, -0.2) is 4.79 Å². The Hall–Kier alpha value is -2.12. The highest BCUT2D eigenvalue weighted by Crippen LogP contribution is 2.33. The van der Waals surface area contributed by atoms with E-state index >= 15 is 0 Å². The third-order valence-electron chi connectivity index (χ3n) is 3.61. The Labute approximate surface area is 151 Å². The maximum Gasteiger partial charge on any atom is 0.341 e. The van der Waals surface area contributed by atoms with E-state index < -0.39 is 0 Å². The molecule has 24 heavy (non-hydrogen) atoms. The van der Waals surface area contributed by atoms with Crippen LogP contribution in [-0.4, -0.2) is 25.3 Å². The lowest BCUT2D eigenvalue weighted by Crippen LogP contribution is -2.20. The summed E-state index contributed by atoms with van der Waals surface area (Å²) in [6, 6.07) is 5.78. The zero-order chi connectivity index (χ0) is 17.9. The molecule has 0 amide bonds.